The van der Waals surface area contributed by atoms with Crippen molar-refractivity contribution in [3.63, 3.8) is 0 Å². The highest BCUT2D eigenvalue weighted by atomic mass is 16.6. The SMILES string of the molecule is C=CCNC(=O)Oc1ccccn1. The monoisotopic (exact) mass is 178 g/mol. The van der Waals surface area contributed by atoms with Gasteiger partial charge in [-0.3, -0.25) is 0 Å². The van der Waals surface area contributed by atoms with E-state index in [1.165, 1.54) is 0 Å². The molecular formula is C9H10N2O2. The van der Waals surface area contributed by atoms with Crippen molar-refractivity contribution in [2.75, 3.05) is 6.54 Å². The van der Waals surface area contributed by atoms with Crippen LogP contribution in [0.1, 0.15) is 0 Å². The Hall–Kier alpha value is -1.84. The first kappa shape index (κ1) is 9.25. The van der Waals surface area contributed by atoms with E-state index in [1.54, 1.807) is 30.5 Å². The standard InChI is InChI=1S/C9H10N2O2/c1-2-6-11-9(12)13-8-5-3-4-7-10-8/h2-5,7H,1,6H2,(H,11,12). The minimum absolute atomic E-state index is 0.282. The maximum atomic E-state index is 11.0. The second-order valence-corrected chi connectivity index (χ2v) is 2.23. The molecule has 1 heterocycles. The molecule has 68 valence electrons. The normalized spacial score (nSPS) is 8.92. The molecular weight excluding hydrogens is 168 g/mol. The minimum Gasteiger partial charge on any atom is -0.391 e. The molecule has 0 aliphatic heterocycles. The van der Waals surface area contributed by atoms with Gasteiger partial charge in [-0.2, -0.15) is 0 Å². The second-order valence-electron chi connectivity index (χ2n) is 2.23. The Balaban J connectivity index is 2.41. The Morgan fingerprint density at radius 3 is 3.15 bits per heavy atom. The summed E-state index contributed by atoms with van der Waals surface area (Å²) in [5.41, 5.74) is 0. The van der Waals surface area contributed by atoms with Gasteiger partial charge in [0.05, 0.1) is 0 Å². The van der Waals surface area contributed by atoms with E-state index < -0.39 is 6.09 Å². The third-order valence-electron chi connectivity index (χ3n) is 1.23. The van der Waals surface area contributed by atoms with E-state index in [1.807, 2.05) is 0 Å². The molecule has 1 aromatic heterocycles. The Bertz CT molecular complexity index is 285. The number of ether oxygens (including phenoxy) is 1. The molecule has 13 heavy (non-hydrogen) atoms. The van der Waals surface area contributed by atoms with Crippen molar-refractivity contribution in [1.29, 1.82) is 0 Å². The molecule has 0 saturated heterocycles. The van der Waals surface area contributed by atoms with Crippen LogP contribution in [0.15, 0.2) is 37.1 Å². The predicted molar refractivity (Wildman–Crippen MR) is 48.5 cm³/mol. The maximum absolute atomic E-state index is 11.0. The fourth-order valence-corrected chi connectivity index (χ4v) is 0.694. The number of hydrogen-bond acceptors (Lipinski definition) is 3. The van der Waals surface area contributed by atoms with Crippen LogP contribution in [-0.4, -0.2) is 17.6 Å². The van der Waals surface area contributed by atoms with E-state index >= 15 is 0 Å². The molecule has 0 bridgehead atoms. The summed E-state index contributed by atoms with van der Waals surface area (Å²) < 4.78 is 4.81. The smallest absolute Gasteiger partial charge is 0.391 e. The van der Waals surface area contributed by atoms with E-state index in [0.717, 1.165) is 0 Å². The Morgan fingerprint density at radius 1 is 1.69 bits per heavy atom. The van der Waals surface area contributed by atoms with Crippen LogP contribution in [0.4, 0.5) is 4.79 Å². The maximum Gasteiger partial charge on any atom is 0.414 e. The lowest BCUT2D eigenvalue weighted by molar-refractivity contribution is 0.200. The molecule has 0 aliphatic rings. The zero-order chi connectivity index (χ0) is 9.52. The van der Waals surface area contributed by atoms with Gasteiger partial charge in [-0.15, -0.1) is 6.58 Å². The fourth-order valence-electron chi connectivity index (χ4n) is 0.694. The molecule has 0 radical (unpaired) electrons. The van der Waals surface area contributed by atoms with Crippen LogP contribution in [0.25, 0.3) is 0 Å². The molecule has 1 aromatic rings. The highest BCUT2D eigenvalue weighted by molar-refractivity contribution is 5.69. The summed E-state index contributed by atoms with van der Waals surface area (Å²) in [6.45, 7) is 3.83. The summed E-state index contributed by atoms with van der Waals surface area (Å²) in [5, 5.41) is 2.46. The van der Waals surface area contributed by atoms with Crippen LogP contribution in [0.2, 0.25) is 0 Å². The first-order valence-corrected chi connectivity index (χ1v) is 3.80. The van der Waals surface area contributed by atoms with Crippen molar-refractivity contribution >= 4 is 6.09 Å². The van der Waals surface area contributed by atoms with E-state index in [-0.39, 0.29) is 5.88 Å². The summed E-state index contributed by atoms with van der Waals surface area (Å²) in [7, 11) is 0. The average Bonchev–Trinajstić information content (AvgIpc) is 2.16. The summed E-state index contributed by atoms with van der Waals surface area (Å²) in [6.07, 6.45) is 2.59. The summed E-state index contributed by atoms with van der Waals surface area (Å²) in [6, 6.07) is 5.09. The van der Waals surface area contributed by atoms with Crippen molar-refractivity contribution in [2.24, 2.45) is 0 Å². The third-order valence-corrected chi connectivity index (χ3v) is 1.23. The predicted octanol–water partition coefficient (Wildman–Crippen LogP) is 1.36. The average molecular weight is 178 g/mol. The molecule has 0 fully saturated rings. The number of amides is 1. The number of pyridine rings is 1. The lowest BCUT2D eigenvalue weighted by Crippen LogP contribution is -2.26. The molecule has 1 N–H and O–H groups in total. The zero-order valence-electron chi connectivity index (χ0n) is 7.06. The van der Waals surface area contributed by atoms with Crippen molar-refractivity contribution in [2.45, 2.75) is 0 Å². The highest BCUT2D eigenvalue weighted by Gasteiger charge is 2.01. The Morgan fingerprint density at radius 2 is 2.54 bits per heavy atom. The van der Waals surface area contributed by atoms with Gasteiger partial charge in [0.15, 0.2) is 0 Å². The van der Waals surface area contributed by atoms with Crippen molar-refractivity contribution in [3.05, 3.63) is 37.1 Å². The molecule has 1 rings (SSSR count). The highest BCUT2D eigenvalue weighted by Crippen LogP contribution is 2.02. The van der Waals surface area contributed by atoms with Crippen LogP contribution >= 0.6 is 0 Å². The number of hydrogen-bond donors (Lipinski definition) is 1. The molecule has 4 nitrogen and oxygen atoms in total. The van der Waals surface area contributed by atoms with E-state index in [2.05, 4.69) is 16.9 Å². The lowest BCUT2D eigenvalue weighted by atomic mass is 10.5. The molecule has 0 saturated carbocycles. The first-order chi connectivity index (χ1) is 6.33. The van der Waals surface area contributed by atoms with E-state index in [9.17, 15) is 4.79 Å². The zero-order valence-corrected chi connectivity index (χ0v) is 7.06. The van der Waals surface area contributed by atoms with Gasteiger partial charge < -0.3 is 10.1 Å². The second kappa shape index (κ2) is 4.92. The first-order valence-electron chi connectivity index (χ1n) is 3.80. The number of carbonyl (C=O) groups excluding carboxylic acids is 1. The van der Waals surface area contributed by atoms with Gasteiger partial charge in [0.1, 0.15) is 0 Å². The quantitative estimate of drug-likeness (QED) is 0.711. The Kier molecular flexibility index (Phi) is 3.50. The van der Waals surface area contributed by atoms with Gasteiger partial charge >= 0.3 is 6.09 Å². The van der Waals surface area contributed by atoms with Crippen molar-refractivity contribution in [1.82, 2.24) is 10.3 Å². The number of nitrogens with zero attached hydrogens (tertiary/aromatic N) is 1. The fraction of sp³-hybridized carbons (Fsp3) is 0.111. The van der Waals surface area contributed by atoms with Crippen LogP contribution in [0.5, 0.6) is 5.88 Å². The molecule has 1 amide bonds. The number of carbonyl (C=O) groups is 1. The largest absolute Gasteiger partial charge is 0.414 e. The van der Waals surface area contributed by atoms with Gasteiger partial charge in [0.25, 0.3) is 0 Å². The molecule has 0 aliphatic carbocycles. The van der Waals surface area contributed by atoms with Gasteiger partial charge in [-0.1, -0.05) is 12.1 Å². The summed E-state index contributed by atoms with van der Waals surface area (Å²) in [4.78, 5) is 14.8. The third kappa shape index (κ3) is 3.37. The van der Waals surface area contributed by atoms with Crippen LogP contribution in [0, 0.1) is 0 Å². The van der Waals surface area contributed by atoms with E-state index in [0.29, 0.717) is 6.54 Å². The summed E-state index contributed by atoms with van der Waals surface area (Å²) in [5.74, 6) is 0.282. The van der Waals surface area contributed by atoms with Gasteiger partial charge in [0.2, 0.25) is 5.88 Å². The van der Waals surface area contributed by atoms with Crippen molar-refractivity contribution < 1.29 is 9.53 Å². The van der Waals surface area contributed by atoms with Crippen molar-refractivity contribution in [3.8, 4) is 5.88 Å². The van der Waals surface area contributed by atoms with Gasteiger partial charge in [-0.25, -0.2) is 9.78 Å². The minimum atomic E-state index is -0.529. The lowest BCUT2D eigenvalue weighted by Gasteiger charge is -2.02. The molecule has 0 aromatic carbocycles. The van der Waals surface area contributed by atoms with Crippen LogP contribution in [-0.2, 0) is 0 Å². The number of aromatic nitrogens is 1. The van der Waals surface area contributed by atoms with Gasteiger partial charge in [0, 0.05) is 18.8 Å². The Labute approximate surface area is 76.2 Å². The molecule has 0 atom stereocenters. The molecule has 4 heteroatoms. The van der Waals surface area contributed by atoms with Crippen LogP contribution < -0.4 is 10.1 Å². The molecule has 0 spiro atoms. The van der Waals surface area contributed by atoms with Gasteiger partial charge in [-0.05, 0) is 6.07 Å². The summed E-state index contributed by atoms with van der Waals surface area (Å²) >= 11 is 0. The topological polar surface area (TPSA) is 51.2 Å². The molecule has 0 unspecified atom stereocenters. The number of rotatable bonds is 3. The van der Waals surface area contributed by atoms with Crippen LogP contribution in [0.3, 0.4) is 0 Å². The van der Waals surface area contributed by atoms with E-state index in [4.69, 9.17) is 4.74 Å². The number of nitrogens with one attached hydrogen (secondary N) is 1.